The Hall–Kier alpha value is -2.88. The van der Waals surface area contributed by atoms with Gasteiger partial charge in [0.2, 0.25) is 5.91 Å². The minimum Gasteiger partial charge on any atom is -0.482 e. The quantitative estimate of drug-likeness (QED) is 0.699. The second-order valence-electron chi connectivity index (χ2n) is 6.79. The zero-order valence-electron chi connectivity index (χ0n) is 15.1. The molecule has 2 amide bonds. The van der Waals surface area contributed by atoms with Crippen molar-refractivity contribution in [2.75, 3.05) is 11.9 Å². The first-order valence-corrected chi connectivity index (χ1v) is 8.25. The maximum atomic E-state index is 12.7. The molecule has 0 aromatic heterocycles. The molecule has 28 heavy (non-hydrogen) atoms. The van der Waals surface area contributed by atoms with E-state index in [4.69, 9.17) is 4.74 Å². The number of hydrogen-bond acceptors (Lipinski definition) is 5. The van der Waals surface area contributed by atoms with E-state index >= 15 is 0 Å². The SMILES string of the molecule is CC1(C)CC(=O)C=C(C(=O)NC(CO)C(=O)Nc2cccc(C(F)(F)F)c2)O1. The van der Waals surface area contributed by atoms with Gasteiger partial charge in [0.1, 0.15) is 11.6 Å². The molecule has 1 aromatic carbocycles. The largest absolute Gasteiger partial charge is 0.482 e. The van der Waals surface area contributed by atoms with Gasteiger partial charge in [0.15, 0.2) is 11.5 Å². The second kappa shape index (κ2) is 8.01. The third kappa shape index (κ3) is 5.56. The Morgan fingerprint density at radius 3 is 2.57 bits per heavy atom. The standard InChI is InChI=1S/C18H19F3N2O5/c1-17(2)8-12(25)7-14(28-17)16(27)23-13(9-24)15(26)22-11-5-3-4-10(6-11)18(19,20)21/h3-7,13,24H,8-9H2,1-2H3,(H,22,26)(H,23,27). The van der Waals surface area contributed by atoms with Gasteiger partial charge in [-0.25, -0.2) is 0 Å². The number of carbonyl (C=O) groups is 3. The number of amides is 2. The third-order valence-electron chi connectivity index (χ3n) is 3.76. The van der Waals surface area contributed by atoms with Crippen LogP contribution in [0.1, 0.15) is 25.8 Å². The zero-order chi connectivity index (χ0) is 21.1. The summed E-state index contributed by atoms with van der Waals surface area (Å²) >= 11 is 0. The number of ether oxygens (including phenoxy) is 1. The van der Waals surface area contributed by atoms with Crippen molar-refractivity contribution in [1.29, 1.82) is 0 Å². The minimum atomic E-state index is -4.59. The highest BCUT2D eigenvalue weighted by Gasteiger charge is 2.33. The van der Waals surface area contributed by atoms with Crippen LogP contribution in [0.15, 0.2) is 36.1 Å². The Balaban J connectivity index is 2.08. The fraction of sp³-hybridized carbons (Fsp3) is 0.389. The second-order valence-corrected chi connectivity index (χ2v) is 6.79. The number of ketones is 1. The van der Waals surface area contributed by atoms with Crippen molar-refractivity contribution < 1.29 is 37.4 Å². The van der Waals surface area contributed by atoms with Gasteiger partial charge in [0.05, 0.1) is 12.2 Å². The Morgan fingerprint density at radius 2 is 2.00 bits per heavy atom. The number of carbonyl (C=O) groups excluding carboxylic acids is 3. The number of allylic oxidation sites excluding steroid dienone is 1. The van der Waals surface area contributed by atoms with Gasteiger partial charge in [-0.2, -0.15) is 13.2 Å². The number of benzene rings is 1. The Kier molecular flexibility index (Phi) is 6.13. The van der Waals surface area contributed by atoms with E-state index in [-0.39, 0.29) is 23.7 Å². The number of alkyl halides is 3. The topological polar surface area (TPSA) is 105 Å². The molecule has 1 aliphatic heterocycles. The smallest absolute Gasteiger partial charge is 0.416 e. The van der Waals surface area contributed by atoms with Gasteiger partial charge in [-0.1, -0.05) is 6.07 Å². The number of nitrogens with one attached hydrogen (secondary N) is 2. The van der Waals surface area contributed by atoms with E-state index in [0.29, 0.717) is 0 Å². The molecule has 1 aliphatic rings. The third-order valence-corrected chi connectivity index (χ3v) is 3.76. The summed E-state index contributed by atoms with van der Waals surface area (Å²) < 4.78 is 43.6. The highest BCUT2D eigenvalue weighted by Crippen LogP contribution is 2.30. The van der Waals surface area contributed by atoms with Crippen molar-refractivity contribution in [1.82, 2.24) is 5.32 Å². The first kappa shape index (κ1) is 21.4. The summed E-state index contributed by atoms with van der Waals surface area (Å²) in [5.41, 5.74) is -2.03. The lowest BCUT2D eigenvalue weighted by molar-refractivity contribution is -0.137. The van der Waals surface area contributed by atoms with Crippen LogP contribution in [0.5, 0.6) is 0 Å². The van der Waals surface area contributed by atoms with Gasteiger partial charge in [-0.3, -0.25) is 14.4 Å². The molecule has 0 spiro atoms. The van der Waals surface area contributed by atoms with Crippen molar-refractivity contribution in [3.05, 3.63) is 41.7 Å². The molecule has 0 fully saturated rings. The molecule has 1 atom stereocenters. The number of halogens is 3. The molecule has 152 valence electrons. The average molecular weight is 400 g/mol. The van der Waals surface area contributed by atoms with Gasteiger partial charge in [0, 0.05) is 18.2 Å². The number of aliphatic hydroxyl groups excluding tert-OH is 1. The van der Waals surface area contributed by atoms with Crippen LogP contribution in [0.25, 0.3) is 0 Å². The fourth-order valence-electron chi connectivity index (χ4n) is 2.52. The van der Waals surface area contributed by atoms with Gasteiger partial charge < -0.3 is 20.5 Å². The van der Waals surface area contributed by atoms with Crippen LogP contribution < -0.4 is 10.6 Å². The summed E-state index contributed by atoms with van der Waals surface area (Å²) in [4.78, 5) is 36.1. The van der Waals surface area contributed by atoms with Crippen LogP contribution in [0.2, 0.25) is 0 Å². The van der Waals surface area contributed by atoms with Crippen molar-refractivity contribution in [2.45, 2.75) is 38.1 Å². The van der Waals surface area contributed by atoms with Crippen LogP contribution in [0.3, 0.4) is 0 Å². The molecular weight excluding hydrogens is 381 g/mol. The van der Waals surface area contributed by atoms with Gasteiger partial charge >= 0.3 is 6.18 Å². The fourth-order valence-corrected chi connectivity index (χ4v) is 2.52. The maximum Gasteiger partial charge on any atom is 0.416 e. The van der Waals surface area contributed by atoms with Crippen molar-refractivity contribution in [3.63, 3.8) is 0 Å². The summed E-state index contributed by atoms with van der Waals surface area (Å²) in [5.74, 6) is -2.49. The molecule has 0 radical (unpaired) electrons. The van der Waals surface area contributed by atoms with E-state index in [1.165, 1.54) is 6.07 Å². The van der Waals surface area contributed by atoms with Crippen molar-refractivity contribution in [3.8, 4) is 0 Å². The Morgan fingerprint density at radius 1 is 1.32 bits per heavy atom. The van der Waals surface area contributed by atoms with Crippen molar-refractivity contribution >= 4 is 23.3 Å². The van der Waals surface area contributed by atoms with E-state index in [9.17, 15) is 32.7 Å². The molecule has 0 aliphatic carbocycles. The lowest BCUT2D eigenvalue weighted by Crippen LogP contribution is -2.48. The van der Waals surface area contributed by atoms with E-state index in [0.717, 1.165) is 24.3 Å². The Bertz CT molecular complexity index is 818. The summed E-state index contributed by atoms with van der Waals surface area (Å²) in [6, 6.07) is 2.44. The average Bonchev–Trinajstić information content (AvgIpc) is 2.57. The van der Waals surface area contributed by atoms with Crippen LogP contribution in [0, 0.1) is 0 Å². The maximum absolute atomic E-state index is 12.7. The summed E-state index contributed by atoms with van der Waals surface area (Å²) in [5, 5.41) is 13.8. The molecule has 2 rings (SSSR count). The Labute approximate surface area is 158 Å². The predicted octanol–water partition coefficient (Wildman–Crippen LogP) is 1.77. The molecule has 10 heteroatoms. The van der Waals surface area contributed by atoms with Gasteiger partial charge in [-0.15, -0.1) is 0 Å². The van der Waals surface area contributed by atoms with Gasteiger partial charge in [0.25, 0.3) is 5.91 Å². The molecule has 7 nitrogen and oxygen atoms in total. The van der Waals surface area contributed by atoms with Gasteiger partial charge in [-0.05, 0) is 32.0 Å². The van der Waals surface area contributed by atoms with Crippen LogP contribution in [-0.2, 0) is 25.3 Å². The number of hydrogen-bond donors (Lipinski definition) is 3. The lowest BCUT2D eigenvalue weighted by Gasteiger charge is -2.30. The molecule has 0 bridgehead atoms. The van der Waals surface area contributed by atoms with E-state index < -0.39 is 41.8 Å². The normalized spacial score (nSPS) is 17.2. The summed E-state index contributed by atoms with van der Waals surface area (Å²) in [6.07, 6.45) is -3.53. The monoisotopic (exact) mass is 400 g/mol. The molecule has 0 saturated heterocycles. The highest BCUT2D eigenvalue weighted by atomic mass is 19.4. The zero-order valence-corrected chi connectivity index (χ0v) is 15.1. The molecular formula is C18H19F3N2O5. The lowest BCUT2D eigenvalue weighted by atomic mass is 9.98. The van der Waals surface area contributed by atoms with E-state index in [2.05, 4.69) is 10.6 Å². The molecule has 0 saturated carbocycles. The van der Waals surface area contributed by atoms with E-state index in [1.807, 2.05) is 0 Å². The predicted molar refractivity (Wildman–Crippen MR) is 92.0 cm³/mol. The molecule has 1 aromatic rings. The first-order chi connectivity index (χ1) is 12.9. The molecule has 1 heterocycles. The van der Waals surface area contributed by atoms with Crippen LogP contribution in [-0.4, -0.2) is 41.0 Å². The van der Waals surface area contributed by atoms with E-state index in [1.54, 1.807) is 13.8 Å². The summed E-state index contributed by atoms with van der Waals surface area (Å²) in [7, 11) is 0. The number of rotatable bonds is 5. The first-order valence-electron chi connectivity index (χ1n) is 8.25. The van der Waals surface area contributed by atoms with Crippen LogP contribution >= 0.6 is 0 Å². The molecule has 1 unspecified atom stereocenters. The molecule has 3 N–H and O–H groups in total. The minimum absolute atomic E-state index is 0.0727. The number of anilines is 1. The van der Waals surface area contributed by atoms with Crippen molar-refractivity contribution in [2.24, 2.45) is 0 Å². The number of aliphatic hydroxyl groups is 1. The summed E-state index contributed by atoms with van der Waals surface area (Å²) in [6.45, 7) is 2.39. The highest BCUT2D eigenvalue weighted by molar-refractivity contribution is 6.04. The van der Waals surface area contributed by atoms with Crippen LogP contribution in [0.4, 0.5) is 18.9 Å².